The summed E-state index contributed by atoms with van der Waals surface area (Å²) in [5, 5.41) is 23.8. The SMILES string of the molecule is CC/C=C/C=C/C=C\C=C/CCCCCC(=O)OC(CCC/C=C/C=C/CCCCCCCCC)CC(=O)NC(CO)C(O)CCCCCCCCCCCCCCCCCCC. The van der Waals surface area contributed by atoms with Gasteiger partial charge in [-0.1, -0.05) is 248 Å². The number of carbonyl (C=O) groups excluding carboxylic acids is 2. The minimum absolute atomic E-state index is 0.0263. The van der Waals surface area contributed by atoms with Gasteiger partial charge in [0.15, 0.2) is 0 Å². The minimum Gasteiger partial charge on any atom is -0.462 e. The van der Waals surface area contributed by atoms with Crippen LogP contribution in [-0.2, 0) is 14.3 Å². The van der Waals surface area contributed by atoms with Crippen LogP contribution in [0.2, 0.25) is 0 Å². The van der Waals surface area contributed by atoms with E-state index in [-0.39, 0.29) is 24.9 Å². The Morgan fingerprint density at radius 1 is 0.476 bits per heavy atom. The summed E-state index contributed by atoms with van der Waals surface area (Å²) < 4.78 is 5.89. The normalized spacial score (nSPS) is 13.8. The van der Waals surface area contributed by atoms with E-state index in [4.69, 9.17) is 4.74 Å². The summed E-state index contributed by atoms with van der Waals surface area (Å²) in [4.78, 5) is 26.1. The highest BCUT2D eigenvalue weighted by atomic mass is 16.5. The average Bonchev–Trinajstić information content (AvgIpc) is 3.28. The van der Waals surface area contributed by atoms with Crippen molar-refractivity contribution in [1.82, 2.24) is 5.32 Å². The summed E-state index contributed by atoms with van der Waals surface area (Å²) in [6, 6.07) is -0.727. The second-order valence-electron chi connectivity index (χ2n) is 18.0. The Hall–Kier alpha value is -2.70. The summed E-state index contributed by atoms with van der Waals surface area (Å²) in [5.41, 5.74) is 0. The topological polar surface area (TPSA) is 95.9 Å². The van der Waals surface area contributed by atoms with Gasteiger partial charge in [-0.2, -0.15) is 0 Å². The molecular formula is C57H101NO5. The van der Waals surface area contributed by atoms with Crippen LogP contribution in [-0.4, -0.2) is 46.9 Å². The Bertz CT molecular complexity index is 1170. The Kier molecular flexibility index (Phi) is 48.1. The third-order valence-corrected chi connectivity index (χ3v) is 11.9. The largest absolute Gasteiger partial charge is 0.462 e. The molecule has 0 rings (SSSR count). The van der Waals surface area contributed by atoms with E-state index in [0.717, 1.165) is 70.6 Å². The van der Waals surface area contributed by atoms with Gasteiger partial charge in [-0.25, -0.2) is 0 Å². The van der Waals surface area contributed by atoms with Crippen molar-refractivity contribution < 1.29 is 24.5 Å². The fraction of sp³-hybridized carbons (Fsp3) is 0.754. The summed E-state index contributed by atoms with van der Waals surface area (Å²) in [7, 11) is 0. The van der Waals surface area contributed by atoms with E-state index in [0.29, 0.717) is 19.3 Å². The van der Waals surface area contributed by atoms with E-state index in [9.17, 15) is 19.8 Å². The number of carbonyl (C=O) groups is 2. The third kappa shape index (κ3) is 45.7. The number of hydrogen-bond acceptors (Lipinski definition) is 5. The fourth-order valence-electron chi connectivity index (χ4n) is 7.85. The molecule has 0 aliphatic heterocycles. The van der Waals surface area contributed by atoms with E-state index in [1.54, 1.807) is 0 Å². The van der Waals surface area contributed by atoms with Crippen LogP contribution < -0.4 is 5.32 Å². The molecule has 0 bridgehead atoms. The van der Waals surface area contributed by atoms with Gasteiger partial charge >= 0.3 is 5.97 Å². The zero-order chi connectivity index (χ0) is 45.9. The maximum Gasteiger partial charge on any atom is 0.306 e. The predicted octanol–water partition coefficient (Wildman–Crippen LogP) is 16.2. The molecule has 364 valence electrons. The van der Waals surface area contributed by atoms with Crippen LogP contribution in [0.3, 0.4) is 0 Å². The second kappa shape index (κ2) is 50.3. The van der Waals surface area contributed by atoms with Crippen LogP contribution in [0.5, 0.6) is 0 Å². The highest BCUT2D eigenvalue weighted by Gasteiger charge is 2.24. The van der Waals surface area contributed by atoms with E-state index < -0.39 is 18.2 Å². The first-order valence-corrected chi connectivity index (χ1v) is 26.7. The molecule has 0 fully saturated rings. The maximum absolute atomic E-state index is 13.2. The summed E-state index contributed by atoms with van der Waals surface area (Å²) in [6.45, 7) is 6.32. The molecule has 0 radical (unpaired) electrons. The van der Waals surface area contributed by atoms with Gasteiger partial charge in [0.05, 0.1) is 25.2 Å². The first-order chi connectivity index (χ1) is 31.0. The van der Waals surface area contributed by atoms with Gasteiger partial charge in [0.2, 0.25) is 5.91 Å². The lowest BCUT2D eigenvalue weighted by atomic mass is 10.0. The van der Waals surface area contributed by atoms with Crippen molar-refractivity contribution >= 4 is 11.9 Å². The van der Waals surface area contributed by atoms with E-state index in [1.165, 1.54) is 135 Å². The van der Waals surface area contributed by atoms with Crippen molar-refractivity contribution in [1.29, 1.82) is 0 Å². The zero-order valence-electron chi connectivity index (χ0n) is 41.4. The Morgan fingerprint density at radius 3 is 1.35 bits per heavy atom. The molecule has 3 atom stereocenters. The van der Waals surface area contributed by atoms with Crippen LogP contribution in [0, 0.1) is 0 Å². The van der Waals surface area contributed by atoms with Crippen LogP contribution in [0.4, 0.5) is 0 Å². The molecule has 0 aliphatic carbocycles. The first-order valence-electron chi connectivity index (χ1n) is 26.7. The highest BCUT2D eigenvalue weighted by molar-refractivity contribution is 5.77. The minimum atomic E-state index is -0.809. The van der Waals surface area contributed by atoms with Gasteiger partial charge in [0, 0.05) is 6.42 Å². The molecule has 63 heavy (non-hydrogen) atoms. The van der Waals surface area contributed by atoms with Crippen molar-refractivity contribution in [3.05, 3.63) is 72.9 Å². The Labute approximate surface area is 390 Å². The molecule has 0 aromatic rings. The standard InChI is InChI=1S/C57H101NO5/c1-4-7-10-13-16-19-22-25-27-28-29-32-34-37-40-43-46-49-55(60)54(52-59)58-56(61)51-53(48-45-42-39-36-33-31-26-23-20-17-14-11-8-5-2)63-57(62)50-47-44-41-38-35-30-24-21-18-15-12-9-6-3/h9,12,15,18,21,24,30-31,33,35-36,39,53-55,59-60H,4-8,10-11,13-14,16-17,19-20,22-23,25-29,32,34,37-38,40-52H2,1-3H3,(H,58,61)/b12-9+,18-15+,24-21-,33-31+,35-30-,39-36+. The number of unbranched alkanes of at least 4 members (excludes halogenated alkanes) is 27. The number of aliphatic hydroxyl groups is 2. The molecule has 0 spiro atoms. The highest BCUT2D eigenvalue weighted by Crippen LogP contribution is 2.17. The quantitative estimate of drug-likeness (QED) is 0.0321. The first kappa shape index (κ1) is 60.3. The van der Waals surface area contributed by atoms with Gasteiger partial charge in [0.25, 0.3) is 0 Å². The monoisotopic (exact) mass is 880 g/mol. The average molecular weight is 880 g/mol. The van der Waals surface area contributed by atoms with Crippen LogP contribution in [0.15, 0.2) is 72.9 Å². The molecule has 0 saturated carbocycles. The molecule has 0 aromatic carbocycles. The molecule has 0 aliphatic rings. The number of nitrogens with one attached hydrogen (secondary N) is 1. The van der Waals surface area contributed by atoms with Crippen molar-refractivity contribution in [3.63, 3.8) is 0 Å². The summed E-state index contributed by atoms with van der Waals surface area (Å²) >= 11 is 0. The zero-order valence-corrected chi connectivity index (χ0v) is 41.4. The summed E-state index contributed by atoms with van der Waals surface area (Å²) in [5.74, 6) is -0.567. The lowest BCUT2D eigenvalue weighted by molar-refractivity contribution is -0.151. The van der Waals surface area contributed by atoms with Gasteiger partial charge < -0.3 is 20.3 Å². The van der Waals surface area contributed by atoms with Crippen molar-refractivity contribution in [2.75, 3.05) is 6.61 Å². The smallest absolute Gasteiger partial charge is 0.306 e. The van der Waals surface area contributed by atoms with Crippen LogP contribution in [0.1, 0.15) is 252 Å². The summed E-state index contributed by atoms with van der Waals surface area (Å²) in [6.07, 6.45) is 64.0. The lowest BCUT2D eigenvalue weighted by Crippen LogP contribution is -2.46. The van der Waals surface area contributed by atoms with Gasteiger partial charge in [-0.05, 0) is 64.2 Å². The molecule has 6 nitrogen and oxygen atoms in total. The predicted molar refractivity (Wildman–Crippen MR) is 273 cm³/mol. The number of esters is 1. The van der Waals surface area contributed by atoms with E-state index >= 15 is 0 Å². The van der Waals surface area contributed by atoms with Crippen LogP contribution >= 0.6 is 0 Å². The molecule has 3 unspecified atom stereocenters. The van der Waals surface area contributed by atoms with Gasteiger partial charge in [-0.3, -0.25) is 9.59 Å². The molecule has 1 amide bonds. The second-order valence-corrected chi connectivity index (χ2v) is 18.0. The number of ether oxygens (including phenoxy) is 1. The molecular weight excluding hydrogens is 779 g/mol. The third-order valence-electron chi connectivity index (χ3n) is 11.9. The van der Waals surface area contributed by atoms with Crippen molar-refractivity contribution in [2.24, 2.45) is 0 Å². The number of amides is 1. The maximum atomic E-state index is 13.2. The molecule has 6 heteroatoms. The molecule has 0 heterocycles. The van der Waals surface area contributed by atoms with Crippen molar-refractivity contribution in [2.45, 2.75) is 270 Å². The molecule has 3 N–H and O–H groups in total. The van der Waals surface area contributed by atoms with Crippen LogP contribution in [0.25, 0.3) is 0 Å². The number of rotatable bonds is 47. The fourth-order valence-corrected chi connectivity index (χ4v) is 7.85. The Morgan fingerprint density at radius 2 is 0.873 bits per heavy atom. The van der Waals surface area contributed by atoms with Crippen molar-refractivity contribution in [3.8, 4) is 0 Å². The number of hydrogen-bond donors (Lipinski definition) is 3. The van der Waals surface area contributed by atoms with Gasteiger partial charge in [-0.15, -0.1) is 0 Å². The lowest BCUT2D eigenvalue weighted by Gasteiger charge is -2.24. The van der Waals surface area contributed by atoms with E-state index in [1.807, 2.05) is 30.4 Å². The van der Waals surface area contributed by atoms with E-state index in [2.05, 4.69) is 68.6 Å². The molecule has 0 aromatic heterocycles. The molecule has 0 saturated heterocycles. The number of aliphatic hydroxyl groups excluding tert-OH is 2. The number of allylic oxidation sites excluding steroid dienone is 12. The van der Waals surface area contributed by atoms with Gasteiger partial charge in [0.1, 0.15) is 6.10 Å². The Balaban J connectivity index is 4.63.